The SMILES string of the molecule is CCNc1ccc(NC(=O)c2ccccn2)cn1. The lowest BCUT2D eigenvalue weighted by molar-refractivity contribution is 0.102. The van der Waals surface area contributed by atoms with E-state index < -0.39 is 0 Å². The number of nitrogens with one attached hydrogen (secondary N) is 2. The molecule has 18 heavy (non-hydrogen) atoms. The van der Waals surface area contributed by atoms with E-state index in [-0.39, 0.29) is 5.91 Å². The monoisotopic (exact) mass is 242 g/mol. The molecule has 2 rings (SSSR count). The van der Waals surface area contributed by atoms with Crippen LogP contribution >= 0.6 is 0 Å². The Bertz CT molecular complexity index is 510. The molecule has 0 spiro atoms. The average Bonchev–Trinajstić information content (AvgIpc) is 2.42. The van der Waals surface area contributed by atoms with E-state index in [1.54, 1.807) is 36.7 Å². The molecule has 5 nitrogen and oxygen atoms in total. The molecule has 0 unspecified atom stereocenters. The van der Waals surface area contributed by atoms with Crippen LogP contribution in [0.2, 0.25) is 0 Å². The van der Waals surface area contributed by atoms with Gasteiger partial charge in [0.1, 0.15) is 11.5 Å². The molecule has 1 amide bonds. The van der Waals surface area contributed by atoms with Gasteiger partial charge in [0.15, 0.2) is 0 Å². The van der Waals surface area contributed by atoms with E-state index in [1.807, 2.05) is 13.0 Å². The lowest BCUT2D eigenvalue weighted by Gasteiger charge is -2.06. The highest BCUT2D eigenvalue weighted by Gasteiger charge is 2.06. The summed E-state index contributed by atoms with van der Waals surface area (Å²) in [7, 11) is 0. The molecule has 0 aliphatic heterocycles. The van der Waals surface area contributed by atoms with Crippen LogP contribution in [-0.2, 0) is 0 Å². The fraction of sp³-hybridized carbons (Fsp3) is 0.154. The third-order valence-corrected chi connectivity index (χ3v) is 2.28. The second-order valence-electron chi connectivity index (χ2n) is 3.63. The summed E-state index contributed by atoms with van der Waals surface area (Å²) in [5.74, 6) is 0.543. The number of amides is 1. The van der Waals surface area contributed by atoms with Crippen molar-refractivity contribution in [2.75, 3.05) is 17.2 Å². The van der Waals surface area contributed by atoms with Crippen LogP contribution in [-0.4, -0.2) is 22.4 Å². The maximum absolute atomic E-state index is 11.8. The van der Waals surface area contributed by atoms with Crippen molar-refractivity contribution in [1.82, 2.24) is 9.97 Å². The number of aromatic nitrogens is 2. The molecule has 0 saturated carbocycles. The molecule has 92 valence electrons. The number of carbonyl (C=O) groups excluding carboxylic acids is 1. The molecule has 2 N–H and O–H groups in total. The summed E-state index contributed by atoms with van der Waals surface area (Å²) < 4.78 is 0. The first-order chi connectivity index (χ1) is 8.79. The smallest absolute Gasteiger partial charge is 0.274 e. The van der Waals surface area contributed by atoms with Crippen LogP contribution in [0.1, 0.15) is 17.4 Å². The molecule has 0 aliphatic carbocycles. The van der Waals surface area contributed by atoms with Gasteiger partial charge in [-0.1, -0.05) is 6.07 Å². The van der Waals surface area contributed by atoms with Crippen LogP contribution in [0.4, 0.5) is 11.5 Å². The van der Waals surface area contributed by atoms with Crippen molar-refractivity contribution >= 4 is 17.4 Å². The number of pyridine rings is 2. The van der Waals surface area contributed by atoms with Gasteiger partial charge in [0.25, 0.3) is 5.91 Å². The normalized spacial score (nSPS) is 9.83. The maximum Gasteiger partial charge on any atom is 0.274 e. The standard InChI is InChI=1S/C13H14N4O/c1-2-14-12-7-6-10(9-16-12)17-13(18)11-5-3-4-8-15-11/h3-9H,2H2,1H3,(H,14,16)(H,17,18). The Morgan fingerprint density at radius 1 is 1.22 bits per heavy atom. The summed E-state index contributed by atoms with van der Waals surface area (Å²) in [6.07, 6.45) is 3.19. The minimum atomic E-state index is -0.242. The highest BCUT2D eigenvalue weighted by molar-refractivity contribution is 6.02. The van der Waals surface area contributed by atoms with Crippen molar-refractivity contribution < 1.29 is 4.79 Å². The Hall–Kier alpha value is -2.43. The third-order valence-electron chi connectivity index (χ3n) is 2.28. The minimum Gasteiger partial charge on any atom is -0.370 e. The number of rotatable bonds is 4. The van der Waals surface area contributed by atoms with E-state index in [9.17, 15) is 4.79 Å². The number of anilines is 2. The van der Waals surface area contributed by atoms with Crippen molar-refractivity contribution in [3.8, 4) is 0 Å². The van der Waals surface area contributed by atoms with Crippen molar-refractivity contribution in [1.29, 1.82) is 0 Å². The van der Waals surface area contributed by atoms with E-state index in [2.05, 4.69) is 20.6 Å². The lowest BCUT2D eigenvalue weighted by Crippen LogP contribution is -2.13. The second-order valence-corrected chi connectivity index (χ2v) is 3.63. The van der Waals surface area contributed by atoms with Crippen LogP contribution in [0.25, 0.3) is 0 Å². The first-order valence-corrected chi connectivity index (χ1v) is 5.72. The summed E-state index contributed by atoms with van der Waals surface area (Å²) in [4.78, 5) is 20.0. The van der Waals surface area contributed by atoms with Gasteiger partial charge in [-0.2, -0.15) is 0 Å². The van der Waals surface area contributed by atoms with Gasteiger partial charge in [-0.05, 0) is 31.2 Å². The van der Waals surface area contributed by atoms with Crippen LogP contribution in [0.5, 0.6) is 0 Å². The molecular weight excluding hydrogens is 228 g/mol. The van der Waals surface area contributed by atoms with Gasteiger partial charge in [0.05, 0.1) is 11.9 Å². The minimum absolute atomic E-state index is 0.242. The molecule has 0 aromatic carbocycles. The summed E-state index contributed by atoms with van der Waals surface area (Å²) >= 11 is 0. The van der Waals surface area contributed by atoms with Gasteiger partial charge < -0.3 is 10.6 Å². The van der Waals surface area contributed by atoms with Gasteiger partial charge in [-0.3, -0.25) is 9.78 Å². The molecule has 5 heteroatoms. The first kappa shape index (κ1) is 12.0. The van der Waals surface area contributed by atoms with Crippen molar-refractivity contribution in [3.63, 3.8) is 0 Å². The summed E-state index contributed by atoms with van der Waals surface area (Å²) in [6.45, 7) is 2.81. The zero-order chi connectivity index (χ0) is 12.8. The Morgan fingerprint density at radius 3 is 2.72 bits per heavy atom. The second kappa shape index (κ2) is 5.77. The number of carbonyl (C=O) groups is 1. The van der Waals surface area contributed by atoms with E-state index >= 15 is 0 Å². The molecular formula is C13H14N4O. The van der Waals surface area contributed by atoms with Gasteiger partial charge >= 0.3 is 0 Å². The molecule has 0 atom stereocenters. The predicted molar refractivity (Wildman–Crippen MR) is 70.6 cm³/mol. The van der Waals surface area contributed by atoms with Crippen LogP contribution in [0, 0.1) is 0 Å². The Kier molecular flexibility index (Phi) is 3.86. The largest absolute Gasteiger partial charge is 0.370 e. The predicted octanol–water partition coefficient (Wildman–Crippen LogP) is 2.16. The Morgan fingerprint density at radius 2 is 2.11 bits per heavy atom. The van der Waals surface area contributed by atoms with Crippen molar-refractivity contribution in [2.24, 2.45) is 0 Å². The number of hydrogen-bond donors (Lipinski definition) is 2. The molecule has 2 heterocycles. The van der Waals surface area contributed by atoms with Gasteiger partial charge in [-0.15, -0.1) is 0 Å². The number of hydrogen-bond acceptors (Lipinski definition) is 4. The van der Waals surface area contributed by atoms with Crippen LogP contribution in [0.3, 0.4) is 0 Å². The van der Waals surface area contributed by atoms with E-state index in [4.69, 9.17) is 0 Å². The van der Waals surface area contributed by atoms with Crippen LogP contribution < -0.4 is 10.6 Å². The van der Waals surface area contributed by atoms with Crippen molar-refractivity contribution in [2.45, 2.75) is 6.92 Å². The fourth-order valence-electron chi connectivity index (χ4n) is 1.45. The third kappa shape index (κ3) is 3.04. The topological polar surface area (TPSA) is 66.9 Å². The van der Waals surface area contributed by atoms with E-state index in [0.29, 0.717) is 11.4 Å². The molecule has 0 aliphatic rings. The quantitative estimate of drug-likeness (QED) is 0.862. The average molecular weight is 242 g/mol. The van der Waals surface area contributed by atoms with Crippen LogP contribution in [0.15, 0.2) is 42.7 Å². The molecule has 0 radical (unpaired) electrons. The zero-order valence-electron chi connectivity index (χ0n) is 10.1. The Labute approximate surface area is 105 Å². The summed E-state index contributed by atoms with van der Waals surface area (Å²) in [5.41, 5.74) is 1.03. The van der Waals surface area contributed by atoms with Gasteiger partial charge in [-0.25, -0.2) is 4.98 Å². The van der Waals surface area contributed by atoms with E-state index in [1.165, 1.54) is 0 Å². The molecule has 0 fully saturated rings. The molecule has 2 aromatic heterocycles. The highest BCUT2D eigenvalue weighted by Crippen LogP contribution is 2.10. The lowest BCUT2D eigenvalue weighted by atomic mass is 10.3. The van der Waals surface area contributed by atoms with Gasteiger partial charge in [0.2, 0.25) is 0 Å². The molecule has 0 saturated heterocycles. The summed E-state index contributed by atoms with van der Waals surface area (Å²) in [6, 6.07) is 8.82. The maximum atomic E-state index is 11.8. The van der Waals surface area contributed by atoms with Gasteiger partial charge in [0, 0.05) is 12.7 Å². The first-order valence-electron chi connectivity index (χ1n) is 5.72. The Balaban J connectivity index is 2.03. The van der Waals surface area contributed by atoms with Crippen molar-refractivity contribution in [3.05, 3.63) is 48.4 Å². The summed E-state index contributed by atoms with van der Waals surface area (Å²) in [5, 5.41) is 5.82. The fourth-order valence-corrected chi connectivity index (χ4v) is 1.45. The molecule has 0 bridgehead atoms. The zero-order valence-corrected chi connectivity index (χ0v) is 10.1. The van der Waals surface area contributed by atoms with E-state index in [0.717, 1.165) is 12.4 Å². The highest BCUT2D eigenvalue weighted by atomic mass is 16.1. The molecule has 2 aromatic rings. The number of nitrogens with zero attached hydrogens (tertiary/aromatic N) is 2.